The summed E-state index contributed by atoms with van der Waals surface area (Å²) in [5.41, 5.74) is 7.48. The molecule has 0 radical (unpaired) electrons. The second-order valence-electron chi connectivity index (χ2n) is 7.17. The quantitative estimate of drug-likeness (QED) is 0.511. The lowest BCUT2D eigenvalue weighted by Gasteiger charge is -2.17. The molecule has 168 valence electrons. The van der Waals surface area contributed by atoms with Gasteiger partial charge in [0.25, 0.3) is 11.5 Å². The van der Waals surface area contributed by atoms with E-state index in [1.807, 2.05) is 6.92 Å². The Bertz CT molecular complexity index is 1230. The Morgan fingerprint density at radius 2 is 1.91 bits per heavy atom. The van der Waals surface area contributed by atoms with Crippen LogP contribution in [0.4, 0.5) is 8.78 Å². The third kappa shape index (κ3) is 5.05. The van der Waals surface area contributed by atoms with Crippen molar-refractivity contribution in [2.75, 3.05) is 13.1 Å². The molecule has 3 aromatic rings. The Morgan fingerprint density at radius 3 is 2.59 bits per heavy atom. The summed E-state index contributed by atoms with van der Waals surface area (Å²) in [6, 6.07) is 9.90. The number of benzene rings is 2. The molecule has 1 aromatic heterocycles. The summed E-state index contributed by atoms with van der Waals surface area (Å²) >= 11 is 3.27. The van der Waals surface area contributed by atoms with Crippen LogP contribution < -0.4 is 21.3 Å². The number of hydrogen-bond acceptors (Lipinski definition) is 4. The van der Waals surface area contributed by atoms with E-state index in [-0.39, 0.29) is 28.3 Å². The van der Waals surface area contributed by atoms with Crippen LogP contribution in [0.2, 0.25) is 0 Å². The van der Waals surface area contributed by atoms with Crippen LogP contribution in [-0.2, 0) is 6.61 Å². The average Bonchev–Trinajstić information content (AvgIpc) is 2.75. The minimum absolute atomic E-state index is 0.142. The van der Waals surface area contributed by atoms with Crippen LogP contribution in [-0.4, -0.2) is 23.6 Å². The smallest absolute Gasteiger partial charge is 0.273 e. The minimum atomic E-state index is -0.730. The van der Waals surface area contributed by atoms with Gasteiger partial charge in [0.2, 0.25) is 0 Å². The number of rotatable bonds is 7. The van der Waals surface area contributed by atoms with Gasteiger partial charge in [0.15, 0.2) is 0 Å². The third-order valence-electron chi connectivity index (χ3n) is 4.84. The molecule has 0 aliphatic carbocycles. The number of nitrogens with zero attached hydrogens (tertiary/aromatic N) is 1. The molecule has 32 heavy (non-hydrogen) atoms. The first-order valence-corrected chi connectivity index (χ1v) is 10.6. The van der Waals surface area contributed by atoms with Crippen molar-refractivity contribution in [1.82, 2.24) is 9.88 Å². The molecule has 3 rings (SSSR count). The number of nitrogens with one attached hydrogen (secondary N) is 1. The van der Waals surface area contributed by atoms with Crippen molar-refractivity contribution in [2.24, 2.45) is 5.73 Å². The maximum absolute atomic E-state index is 13.9. The Balaban J connectivity index is 1.95. The van der Waals surface area contributed by atoms with E-state index in [1.54, 1.807) is 31.2 Å². The van der Waals surface area contributed by atoms with Gasteiger partial charge in [-0.3, -0.25) is 14.2 Å². The summed E-state index contributed by atoms with van der Waals surface area (Å²) in [6.45, 7) is 4.04. The largest absolute Gasteiger partial charge is 0.487 e. The third-order valence-corrected chi connectivity index (χ3v) is 5.57. The molecule has 1 amide bonds. The fourth-order valence-corrected chi connectivity index (χ4v) is 3.57. The standard InChI is InChI=1S/C23H22BrF2N3O3/c1-13-3-4-15(22(30)28-8-7-27)10-19(13)29-14(2)9-20(21(24)23(29)31)32-12-16-5-6-17(25)11-18(16)26/h3-6,9-11H,7-8,12,27H2,1-2H3,(H,28,30). The van der Waals surface area contributed by atoms with E-state index >= 15 is 0 Å². The van der Waals surface area contributed by atoms with Crippen LogP contribution in [0, 0.1) is 25.5 Å². The Kier molecular flexibility index (Phi) is 7.42. The molecule has 6 nitrogen and oxygen atoms in total. The summed E-state index contributed by atoms with van der Waals surface area (Å²) in [5.74, 6) is -1.48. The summed E-state index contributed by atoms with van der Waals surface area (Å²) in [7, 11) is 0. The van der Waals surface area contributed by atoms with Crippen LogP contribution in [0.1, 0.15) is 27.2 Å². The molecular weight excluding hydrogens is 484 g/mol. The van der Waals surface area contributed by atoms with Crippen molar-refractivity contribution in [2.45, 2.75) is 20.5 Å². The van der Waals surface area contributed by atoms with E-state index in [4.69, 9.17) is 10.5 Å². The van der Waals surface area contributed by atoms with Gasteiger partial charge in [-0.05, 0) is 59.6 Å². The van der Waals surface area contributed by atoms with Gasteiger partial charge in [0, 0.05) is 42.0 Å². The molecule has 0 saturated heterocycles. The second-order valence-corrected chi connectivity index (χ2v) is 7.97. The van der Waals surface area contributed by atoms with Gasteiger partial charge in [-0.2, -0.15) is 0 Å². The summed E-state index contributed by atoms with van der Waals surface area (Å²) in [6.07, 6.45) is 0. The molecule has 0 aliphatic rings. The molecule has 0 bridgehead atoms. The molecule has 3 N–H and O–H groups in total. The SMILES string of the molecule is Cc1ccc(C(=O)NCCN)cc1-n1c(C)cc(OCc2ccc(F)cc2F)c(Br)c1=O. The Morgan fingerprint density at radius 1 is 1.16 bits per heavy atom. The van der Waals surface area contributed by atoms with Gasteiger partial charge < -0.3 is 15.8 Å². The van der Waals surface area contributed by atoms with Crippen LogP contribution in [0.15, 0.2) is 51.7 Å². The number of aromatic nitrogens is 1. The average molecular weight is 506 g/mol. The molecule has 0 saturated carbocycles. The lowest BCUT2D eigenvalue weighted by atomic mass is 10.1. The first-order chi connectivity index (χ1) is 15.2. The van der Waals surface area contributed by atoms with E-state index in [0.29, 0.717) is 30.0 Å². The molecule has 2 aromatic carbocycles. The summed E-state index contributed by atoms with van der Waals surface area (Å²) in [5, 5.41) is 2.70. The van der Waals surface area contributed by atoms with Crippen LogP contribution in [0.5, 0.6) is 5.75 Å². The molecule has 0 spiro atoms. The number of ether oxygens (including phenoxy) is 1. The van der Waals surface area contributed by atoms with E-state index in [2.05, 4.69) is 21.2 Å². The number of halogens is 3. The topological polar surface area (TPSA) is 86.3 Å². The zero-order valence-corrected chi connectivity index (χ0v) is 19.1. The number of pyridine rings is 1. The first-order valence-electron chi connectivity index (χ1n) is 9.81. The van der Waals surface area contributed by atoms with Gasteiger partial charge in [-0.1, -0.05) is 6.07 Å². The van der Waals surface area contributed by atoms with Crippen molar-refractivity contribution in [3.63, 3.8) is 0 Å². The normalized spacial score (nSPS) is 10.8. The van der Waals surface area contributed by atoms with E-state index in [9.17, 15) is 18.4 Å². The molecular formula is C23H22BrF2N3O3. The van der Waals surface area contributed by atoms with E-state index in [1.165, 1.54) is 10.6 Å². The fourth-order valence-electron chi connectivity index (χ4n) is 3.16. The second kappa shape index (κ2) is 10.1. The maximum atomic E-state index is 13.9. The Labute approximate surface area is 192 Å². The van der Waals surface area contributed by atoms with Gasteiger partial charge >= 0.3 is 0 Å². The molecule has 0 fully saturated rings. The molecule has 0 atom stereocenters. The number of aryl methyl sites for hydroxylation is 2. The number of carbonyl (C=O) groups excluding carboxylic acids is 1. The molecule has 0 unspecified atom stereocenters. The van der Waals surface area contributed by atoms with Crippen LogP contribution in [0.25, 0.3) is 5.69 Å². The monoisotopic (exact) mass is 505 g/mol. The van der Waals surface area contributed by atoms with Crippen molar-refractivity contribution >= 4 is 21.8 Å². The van der Waals surface area contributed by atoms with Crippen LogP contribution >= 0.6 is 15.9 Å². The Hall–Kier alpha value is -3.04. The maximum Gasteiger partial charge on any atom is 0.273 e. The number of amides is 1. The number of carbonyl (C=O) groups is 1. The van der Waals surface area contributed by atoms with Crippen molar-refractivity contribution in [3.05, 3.63) is 91.3 Å². The van der Waals surface area contributed by atoms with Gasteiger partial charge in [0.1, 0.15) is 28.5 Å². The lowest BCUT2D eigenvalue weighted by molar-refractivity contribution is 0.0954. The summed E-state index contributed by atoms with van der Waals surface area (Å²) in [4.78, 5) is 25.5. The van der Waals surface area contributed by atoms with Gasteiger partial charge in [-0.25, -0.2) is 8.78 Å². The van der Waals surface area contributed by atoms with Crippen molar-refractivity contribution < 1.29 is 18.3 Å². The predicted octanol–water partition coefficient (Wildman–Crippen LogP) is 3.76. The minimum Gasteiger partial charge on any atom is -0.487 e. The first kappa shape index (κ1) is 23.6. The molecule has 9 heteroatoms. The highest BCUT2D eigenvalue weighted by atomic mass is 79.9. The van der Waals surface area contributed by atoms with Gasteiger partial charge in [-0.15, -0.1) is 0 Å². The fraction of sp³-hybridized carbons (Fsp3) is 0.217. The lowest BCUT2D eigenvalue weighted by Crippen LogP contribution is -2.29. The van der Waals surface area contributed by atoms with E-state index < -0.39 is 17.2 Å². The van der Waals surface area contributed by atoms with Crippen LogP contribution in [0.3, 0.4) is 0 Å². The van der Waals surface area contributed by atoms with Gasteiger partial charge in [0.05, 0.1) is 5.69 Å². The predicted molar refractivity (Wildman–Crippen MR) is 121 cm³/mol. The number of hydrogen-bond donors (Lipinski definition) is 2. The van der Waals surface area contributed by atoms with E-state index in [0.717, 1.165) is 17.7 Å². The zero-order valence-electron chi connectivity index (χ0n) is 17.5. The van der Waals surface area contributed by atoms with Crippen molar-refractivity contribution in [1.29, 1.82) is 0 Å². The molecule has 1 heterocycles. The molecule has 0 aliphatic heterocycles. The van der Waals surface area contributed by atoms with Crippen molar-refractivity contribution in [3.8, 4) is 11.4 Å². The number of nitrogens with two attached hydrogens (primary N) is 1. The zero-order chi connectivity index (χ0) is 23.4. The highest BCUT2D eigenvalue weighted by Crippen LogP contribution is 2.26. The highest BCUT2D eigenvalue weighted by Gasteiger charge is 2.17. The summed E-state index contributed by atoms with van der Waals surface area (Å²) < 4.78 is 34.2. The highest BCUT2D eigenvalue weighted by molar-refractivity contribution is 9.10.